The van der Waals surface area contributed by atoms with Crippen molar-refractivity contribution < 1.29 is 42.9 Å². The standard InChI is InChI=1S/C22H25NO9S/c1-13-18(21(26)29-3)20(33-19(13)22(27)30-4)23-16(24)12-32-17(25)6-5-11-31-15-9-7-14(28-2)8-10-15/h7-10H,5-6,11-12H2,1-4H3,(H,23,24). The van der Waals surface area contributed by atoms with Gasteiger partial charge in [-0.2, -0.15) is 0 Å². The molecular weight excluding hydrogens is 454 g/mol. The van der Waals surface area contributed by atoms with Crippen LogP contribution in [0.1, 0.15) is 38.4 Å². The number of hydrogen-bond donors (Lipinski definition) is 1. The van der Waals surface area contributed by atoms with Gasteiger partial charge in [0, 0.05) is 6.42 Å². The number of nitrogens with one attached hydrogen (secondary N) is 1. The van der Waals surface area contributed by atoms with Crippen molar-refractivity contribution >= 4 is 40.2 Å². The average Bonchev–Trinajstić information content (AvgIpc) is 3.15. The summed E-state index contributed by atoms with van der Waals surface area (Å²) in [6.07, 6.45) is 0.451. The first-order valence-corrected chi connectivity index (χ1v) is 10.6. The first-order valence-electron chi connectivity index (χ1n) is 9.83. The minimum Gasteiger partial charge on any atom is -0.497 e. The fraction of sp³-hybridized carbons (Fsp3) is 0.364. The lowest BCUT2D eigenvalue weighted by atomic mass is 10.1. The molecule has 0 saturated carbocycles. The summed E-state index contributed by atoms with van der Waals surface area (Å²) >= 11 is 0.870. The fourth-order valence-electron chi connectivity index (χ4n) is 2.70. The van der Waals surface area contributed by atoms with Crippen molar-refractivity contribution in [2.24, 2.45) is 0 Å². The van der Waals surface area contributed by atoms with Gasteiger partial charge in [-0.3, -0.25) is 9.59 Å². The van der Waals surface area contributed by atoms with Crippen molar-refractivity contribution in [2.45, 2.75) is 19.8 Å². The highest BCUT2D eigenvalue weighted by Crippen LogP contribution is 2.34. The number of esters is 3. The van der Waals surface area contributed by atoms with Crippen molar-refractivity contribution in [3.8, 4) is 11.5 Å². The highest BCUT2D eigenvalue weighted by atomic mass is 32.1. The van der Waals surface area contributed by atoms with Gasteiger partial charge in [0.15, 0.2) is 6.61 Å². The zero-order valence-corrected chi connectivity index (χ0v) is 19.5. The van der Waals surface area contributed by atoms with Crippen LogP contribution in [0, 0.1) is 6.92 Å². The van der Waals surface area contributed by atoms with Gasteiger partial charge in [0.1, 0.15) is 21.4 Å². The van der Waals surface area contributed by atoms with Gasteiger partial charge in [0.2, 0.25) is 0 Å². The Kier molecular flexibility index (Phi) is 9.67. The number of hydrogen-bond acceptors (Lipinski definition) is 10. The van der Waals surface area contributed by atoms with Crippen molar-refractivity contribution in [1.82, 2.24) is 0 Å². The molecule has 1 aromatic carbocycles. The van der Waals surface area contributed by atoms with Crippen LogP contribution in [-0.4, -0.2) is 58.4 Å². The second kappa shape index (κ2) is 12.4. The van der Waals surface area contributed by atoms with Crippen LogP contribution >= 0.6 is 11.3 Å². The summed E-state index contributed by atoms with van der Waals surface area (Å²) in [5.41, 5.74) is 0.362. The van der Waals surface area contributed by atoms with Gasteiger partial charge in [-0.25, -0.2) is 9.59 Å². The molecular formula is C22H25NO9S. The van der Waals surface area contributed by atoms with Gasteiger partial charge in [0.05, 0.1) is 33.5 Å². The van der Waals surface area contributed by atoms with Crippen molar-refractivity contribution in [1.29, 1.82) is 0 Å². The molecule has 10 nitrogen and oxygen atoms in total. The number of carbonyl (C=O) groups excluding carboxylic acids is 4. The molecule has 1 heterocycles. The van der Waals surface area contributed by atoms with Gasteiger partial charge in [-0.1, -0.05) is 0 Å². The summed E-state index contributed by atoms with van der Waals surface area (Å²) in [5.74, 6) is -1.26. The Morgan fingerprint density at radius 2 is 1.58 bits per heavy atom. The minimum absolute atomic E-state index is 0.0401. The monoisotopic (exact) mass is 479 g/mol. The highest BCUT2D eigenvalue weighted by molar-refractivity contribution is 7.18. The van der Waals surface area contributed by atoms with E-state index in [1.165, 1.54) is 14.2 Å². The Balaban J connectivity index is 1.82. The van der Waals surface area contributed by atoms with Crippen molar-refractivity contribution in [2.75, 3.05) is 39.9 Å². The molecule has 33 heavy (non-hydrogen) atoms. The van der Waals surface area contributed by atoms with Crippen LogP contribution in [0.3, 0.4) is 0 Å². The van der Waals surface area contributed by atoms with E-state index in [-0.39, 0.29) is 21.9 Å². The molecule has 178 valence electrons. The van der Waals surface area contributed by atoms with Crippen LogP contribution in [0.15, 0.2) is 24.3 Å². The van der Waals surface area contributed by atoms with E-state index < -0.39 is 30.4 Å². The van der Waals surface area contributed by atoms with Gasteiger partial charge >= 0.3 is 17.9 Å². The molecule has 2 rings (SSSR count). The smallest absolute Gasteiger partial charge is 0.348 e. The average molecular weight is 480 g/mol. The molecule has 0 aliphatic carbocycles. The summed E-state index contributed by atoms with van der Waals surface area (Å²) in [7, 11) is 3.96. The fourth-order valence-corrected chi connectivity index (χ4v) is 3.83. The topological polar surface area (TPSA) is 126 Å². The maximum atomic E-state index is 12.2. The quantitative estimate of drug-likeness (QED) is 0.294. The first-order chi connectivity index (χ1) is 15.8. The molecule has 0 unspecified atom stereocenters. The second-order valence-corrected chi connectivity index (χ2v) is 7.60. The minimum atomic E-state index is -0.719. The molecule has 0 bridgehead atoms. The van der Waals surface area contributed by atoms with E-state index in [1.54, 1.807) is 38.3 Å². The maximum Gasteiger partial charge on any atom is 0.348 e. The number of anilines is 1. The number of benzene rings is 1. The van der Waals surface area contributed by atoms with E-state index >= 15 is 0 Å². The van der Waals surface area contributed by atoms with Gasteiger partial charge in [-0.15, -0.1) is 11.3 Å². The van der Waals surface area contributed by atoms with E-state index in [9.17, 15) is 19.2 Å². The van der Waals surface area contributed by atoms with E-state index in [4.69, 9.17) is 18.9 Å². The van der Waals surface area contributed by atoms with Crippen LogP contribution in [0.2, 0.25) is 0 Å². The third kappa shape index (κ3) is 7.21. The van der Waals surface area contributed by atoms with Crippen LogP contribution in [0.5, 0.6) is 11.5 Å². The van der Waals surface area contributed by atoms with Gasteiger partial charge in [-0.05, 0) is 43.2 Å². The first kappa shape index (κ1) is 25.7. The molecule has 0 fully saturated rings. The molecule has 0 atom stereocenters. The van der Waals surface area contributed by atoms with Crippen molar-refractivity contribution in [3.05, 3.63) is 40.3 Å². The highest BCUT2D eigenvalue weighted by Gasteiger charge is 2.26. The number of methoxy groups -OCH3 is 3. The second-order valence-electron chi connectivity index (χ2n) is 6.58. The number of amides is 1. The Bertz CT molecular complexity index is 998. The Labute approximate surface area is 194 Å². The molecule has 0 saturated heterocycles. The Morgan fingerprint density at radius 3 is 2.18 bits per heavy atom. The van der Waals surface area contributed by atoms with Gasteiger partial charge < -0.3 is 29.0 Å². The third-order valence-corrected chi connectivity index (χ3v) is 5.56. The lowest BCUT2D eigenvalue weighted by Gasteiger charge is -2.08. The molecule has 2 aromatic rings. The molecule has 0 spiro atoms. The summed E-state index contributed by atoms with van der Waals surface area (Å²) in [5, 5.41) is 2.58. The van der Waals surface area contributed by atoms with E-state index in [1.807, 2.05) is 0 Å². The molecule has 0 aliphatic rings. The predicted molar refractivity (Wildman–Crippen MR) is 119 cm³/mol. The van der Waals surface area contributed by atoms with Crippen molar-refractivity contribution in [3.63, 3.8) is 0 Å². The van der Waals surface area contributed by atoms with Crippen LogP contribution < -0.4 is 14.8 Å². The summed E-state index contributed by atoms with van der Waals surface area (Å²) < 4.78 is 25.0. The molecule has 1 amide bonds. The zero-order valence-electron chi connectivity index (χ0n) is 18.7. The van der Waals surface area contributed by atoms with Crippen LogP contribution in [0.4, 0.5) is 5.00 Å². The Morgan fingerprint density at radius 1 is 0.939 bits per heavy atom. The lowest BCUT2D eigenvalue weighted by Crippen LogP contribution is -2.21. The molecule has 1 aromatic heterocycles. The summed E-state index contributed by atoms with van der Waals surface area (Å²) in [4.78, 5) is 48.3. The van der Waals surface area contributed by atoms with Crippen LogP contribution in [-0.2, 0) is 23.8 Å². The molecule has 11 heteroatoms. The van der Waals surface area contributed by atoms with E-state index in [2.05, 4.69) is 10.1 Å². The number of thiophene rings is 1. The van der Waals surface area contributed by atoms with E-state index in [0.29, 0.717) is 30.1 Å². The maximum absolute atomic E-state index is 12.2. The normalized spacial score (nSPS) is 10.2. The molecule has 1 N–H and O–H groups in total. The lowest BCUT2D eigenvalue weighted by molar-refractivity contribution is -0.147. The van der Waals surface area contributed by atoms with Gasteiger partial charge in [0.25, 0.3) is 5.91 Å². The number of ether oxygens (including phenoxy) is 5. The zero-order chi connectivity index (χ0) is 24.4. The van der Waals surface area contributed by atoms with Crippen LogP contribution in [0.25, 0.3) is 0 Å². The third-order valence-electron chi connectivity index (χ3n) is 4.38. The molecule has 0 radical (unpaired) electrons. The summed E-state index contributed by atoms with van der Waals surface area (Å²) in [6, 6.07) is 7.03. The number of rotatable bonds is 11. The molecule has 0 aliphatic heterocycles. The number of carbonyl (C=O) groups is 4. The largest absolute Gasteiger partial charge is 0.497 e. The van der Waals surface area contributed by atoms with E-state index in [0.717, 1.165) is 11.3 Å². The predicted octanol–water partition coefficient (Wildman–Crippen LogP) is 2.98. The summed E-state index contributed by atoms with van der Waals surface area (Å²) in [6.45, 7) is 1.28. The Hall–Kier alpha value is -3.60. The SMILES string of the molecule is COC(=O)c1sc(NC(=O)COC(=O)CCCOc2ccc(OC)cc2)c(C(=O)OC)c1C.